The van der Waals surface area contributed by atoms with Crippen molar-refractivity contribution in [3.05, 3.63) is 70.5 Å². The summed E-state index contributed by atoms with van der Waals surface area (Å²) in [6, 6.07) is 13.7. The van der Waals surface area contributed by atoms with Crippen LogP contribution in [-0.2, 0) is 11.2 Å². The van der Waals surface area contributed by atoms with Crippen LogP contribution in [0.1, 0.15) is 17.2 Å². The van der Waals surface area contributed by atoms with E-state index >= 15 is 0 Å². The van der Waals surface area contributed by atoms with Gasteiger partial charge in [0.2, 0.25) is 5.91 Å². The number of piperazine rings is 1. The maximum absolute atomic E-state index is 13.0. The molecule has 5 heteroatoms. The van der Waals surface area contributed by atoms with Crippen LogP contribution in [0.5, 0.6) is 0 Å². The highest BCUT2D eigenvalue weighted by Gasteiger charge is 2.27. The molecule has 1 N–H and O–H groups in total. The maximum Gasteiger partial charge on any atom is 0.227 e. The normalized spacial score (nSPS) is 18.0. The van der Waals surface area contributed by atoms with Crippen molar-refractivity contribution in [3.63, 3.8) is 0 Å². The van der Waals surface area contributed by atoms with Gasteiger partial charge in [-0.05, 0) is 35.4 Å². The zero-order chi connectivity index (χ0) is 16.2. The van der Waals surface area contributed by atoms with E-state index in [0.29, 0.717) is 18.1 Å². The van der Waals surface area contributed by atoms with Crippen LogP contribution in [0.4, 0.5) is 4.39 Å². The van der Waals surface area contributed by atoms with E-state index in [9.17, 15) is 9.18 Å². The molecule has 0 aliphatic carbocycles. The molecule has 2 aromatic carbocycles. The third-order valence-corrected chi connectivity index (χ3v) is 4.30. The first-order chi connectivity index (χ1) is 11.1. The van der Waals surface area contributed by atoms with E-state index in [2.05, 4.69) is 5.32 Å². The van der Waals surface area contributed by atoms with Crippen LogP contribution in [0.25, 0.3) is 0 Å². The molecular weight excluding hydrogens is 315 g/mol. The van der Waals surface area contributed by atoms with E-state index in [1.54, 1.807) is 12.1 Å². The van der Waals surface area contributed by atoms with Gasteiger partial charge in [-0.25, -0.2) is 4.39 Å². The second-order valence-corrected chi connectivity index (χ2v) is 6.10. The lowest BCUT2D eigenvalue weighted by atomic mass is 10.0. The molecule has 1 amide bonds. The molecule has 1 fully saturated rings. The van der Waals surface area contributed by atoms with E-state index < -0.39 is 0 Å². The predicted octanol–water partition coefficient (Wildman–Crippen LogP) is 3.19. The Morgan fingerprint density at radius 2 is 2.04 bits per heavy atom. The first-order valence-corrected chi connectivity index (χ1v) is 8.01. The summed E-state index contributed by atoms with van der Waals surface area (Å²) in [6.07, 6.45) is 0.275. The Balaban J connectivity index is 1.77. The monoisotopic (exact) mass is 332 g/mol. The summed E-state index contributed by atoms with van der Waals surface area (Å²) >= 11 is 6.08. The molecule has 0 saturated carbocycles. The molecule has 1 atom stereocenters. The van der Waals surface area contributed by atoms with Gasteiger partial charge in [0.25, 0.3) is 0 Å². The zero-order valence-electron chi connectivity index (χ0n) is 12.6. The van der Waals surface area contributed by atoms with E-state index in [1.807, 2.05) is 29.2 Å². The number of hydrogen-bond acceptors (Lipinski definition) is 2. The van der Waals surface area contributed by atoms with Gasteiger partial charge >= 0.3 is 0 Å². The summed E-state index contributed by atoms with van der Waals surface area (Å²) in [4.78, 5) is 14.6. The highest BCUT2D eigenvalue weighted by molar-refractivity contribution is 6.30. The van der Waals surface area contributed by atoms with E-state index in [4.69, 9.17) is 11.6 Å². The number of nitrogens with one attached hydrogen (secondary N) is 1. The number of carbonyl (C=O) groups is 1. The van der Waals surface area contributed by atoms with Gasteiger partial charge in [0.15, 0.2) is 0 Å². The minimum atomic E-state index is -0.292. The van der Waals surface area contributed by atoms with Crippen molar-refractivity contribution in [2.24, 2.45) is 0 Å². The molecule has 1 heterocycles. The van der Waals surface area contributed by atoms with Crippen molar-refractivity contribution in [1.82, 2.24) is 10.2 Å². The number of benzene rings is 2. The summed E-state index contributed by atoms with van der Waals surface area (Å²) in [5, 5.41) is 3.99. The van der Waals surface area contributed by atoms with Crippen molar-refractivity contribution in [2.75, 3.05) is 19.6 Å². The standard InChI is InChI=1S/C18H18ClFN2O/c19-15-3-1-2-14(11-15)17-12-21-8-9-22(17)18(23)10-13-4-6-16(20)7-5-13/h1-7,11,17,21H,8-10,12H2. The smallest absolute Gasteiger partial charge is 0.227 e. The van der Waals surface area contributed by atoms with Crippen LogP contribution in [0.3, 0.4) is 0 Å². The zero-order valence-corrected chi connectivity index (χ0v) is 13.4. The first-order valence-electron chi connectivity index (χ1n) is 7.63. The number of nitrogens with zero attached hydrogens (tertiary/aromatic N) is 1. The molecule has 0 spiro atoms. The van der Waals surface area contributed by atoms with Crippen molar-refractivity contribution >= 4 is 17.5 Å². The third-order valence-electron chi connectivity index (χ3n) is 4.07. The second kappa shape index (κ2) is 7.11. The van der Waals surface area contributed by atoms with Crippen LogP contribution in [-0.4, -0.2) is 30.4 Å². The number of amides is 1. The molecule has 1 aliphatic heterocycles. The molecule has 0 bridgehead atoms. The minimum absolute atomic E-state index is 0.0320. The highest BCUT2D eigenvalue weighted by atomic mass is 35.5. The molecule has 2 aromatic rings. The fraction of sp³-hybridized carbons (Fsp3) is 0.278. The van der Waals surface area contributed by atoms with Crippen molar-refractivity contribution < 1.29 is 9.18 Å². The number of hydrogen-bond donors (Lipinski definition) is 1. The molecule has 1 unspecified atom stereocenters. The van der Waals surface area contributed by atoms with E-state index in [0.717, 1.165) is 17.7 Å². The summed E-state index contributed by atoms with van der Waals surface area (Å²) in [6.45, 7) is 2.12. The van der Waals surface area contributed by atoms with Crippen molar-refractivity contribution in [2.45, 2.75) is 12.5 Å². The Bertz CT molecular complexity index is 690. The van der Waals surface area contributed by atoms with Gasteiger partial charge in [-0.2, -0.15) is 0 Å². The lowest BCUT2D eigenvalue weighted by molar-refractivity contribution is -0.133. The Morgan fingerprint density at radius 3 is 2.78 bits per heavy atom. The average molecular weight is 333 g/mol. The second-order valence-electron chi connectivity index (χ2n) is 5.67. The molecule has 0 radical (unpaired) electrons. The average Bonchev–Trinajstić information content (AvgIpc) is 2.57. The quantitative estimate of drug-likeness (QED) is 0.936. The van der Waals surface area contributed by atoms with Gasteiger partial charge in [0.05, 0.1) is 12.5 Å². The third kappa shape index (κ3) is 3.89. The topological polar surface area (TPSA) is 32.3 Å². The number of carbonyl (C=O) groups excluding carboxylic acids is 1. The Morgan fingerprint density at radius 1 is 1.26 bits per heavy atom. The van der Waals surface area contributed by atoms with Crippen molar-refractivity contribution in [3.8, 4) is 0 Å². The molecule has 0 aromatic heterocycles. The molecule has 1 saturated heterocycles. The Labute approximate surface area is 140 Å². The van der Waals surface area contributed by atoms with Gasteiger partial charge in [0, 0.05) is 24.7 Å². The molecule has 23 heavy (non-hydrogen) atoms. The summed E-state index contributed by atoms with van der Waals surface area (Å²) in [7, 11) is 0. The minimum Gasteiger partial charge on any atom is -0.333 e. The van der Waals surface area contributed by atoms with Crippen LogP contribution >= 0.6 is 11.6 Å². The maximum atomic E-state index is 13.0. The molecule has 120 valence electrons. The largest absolute Gasteiger partial charge is 0.333 e. The highest BCUT2D eigenvalue weighted by Crippen LogP contribution is 2.25. The van der Waals surface area contributed by atoms with Crippen LogP contribution < -0.4 is 5.32 Å². The van der Waals surface area contributed by atoms with Gasteiger partial charge in [0.1, 0.15) is 5.82 Å². The lowest BCUT2D eigenvalue weighted by Gasteiger charge is -2.36. The van der Waals surface area contributed by atoms with E-state index in [-0.39, 0.29) is 24.2 Å². The van der Waals surface area contributed by atoms with E-state index in [1.165, 1.54) is 12.1 Å². The van der Waals surface area contributed by atoms with Gasteiger partial charge < -0.3 is 10.2 Å². The lowest BCUT2D eigenvalue weighted by Crippen LogP contribution is -2.49. The van der Waals surface area contributed by atoms with Crippen LogP contribution in [0.2, 0.25) is 5.02 Å². The molecule has 3 rings (SSSR count). The van der Waals surface area contributed by atoms with Crippen molar-refractivity contribution in [1.29, 1.82) is 0 Å². The number of rotatable bonds is 3. The Kier molecular flexibility index (Phi) is 4.94. The summed E-state index contributed by atoms with van der Waals surface area (Å²) < 4.78 is 13.0. The van der Waals surface area contributed by atoms with Gasteiger partial charge in [-0.1, -0.05) is 35.9 Å². The number of halogens is 2. The summed E-state index contributed by atoms with van der Waals surface area (Å²) in [5.74, 6) is -0.247. The van der Waals surface area contributed by atoms with Gasteiger partial charge in [-0.15, -0.1) is 0 Å². The van der Waals surface area contributed by atoms with Gasteiger partial charge in [-0.3, -0.25) is 4.79 Å². The first kappa shape index (κ1) is 16.0. The van der Waals surface area contributed by atoms with Crippen LogP contribution in [0.15, 0.2) is 48.5 Å². The molecule has 3 nitrogen and oxygen atoms in total. The predicted molar refractivity (Wildman–Crippen MR) is 88.9 cm³/mol. The summed E-state index contributed by atoms with van der Waals surface area (Å²) in [5.41, 5.74) is 1.84. The molecular formula is C18H18ClFN2O. The Hall–Kier alpha value is -1.91. The molecule has 1 aliphatic rings. The fourth-order valence-corrected chi connectivity index (χ4v) is 3.09. The fourth-order valence-electron chi connectivity index (χ4n) is 2.89. The van der Waals surface area contributed by atoms with Crippen LogP contribution in [0, 0.1) is 5.82 Å². The SMILES string of the molecule is O=C(Cc1ccc(F)cc1)N1CCNCC1c1cccc(Cl)c1.